The number of aromatic nitrogens is 3. The number of anilines is 1. The molecule has 0 spiro atoms. The van der Waals surface area contributed by atoms with Gasteiger partial charge in [-0.15, -0.1) is 0 Å². The molecule has 2 aliphatic heterocycles. The van der Waals surface area contributed by atoms with Crippen LogP contribution in [0.5, 0.6) is 0 Å². The fraction of sp³-hybridized carbons (Fsp3) is 0.611. The first kappa shape index (κ1) is 17.1. The first-order valence-electron chi connectivity index (χ1n) is 9.47. The van der Waals surface area contributed by atoms with Crippen LogP contribution >= 0.6 is 0 Å². The number of hydrogen-bond acceptors (Lipinski definition) is 6. The topological polar surface area (TPSA) is 84.3 Å². The Morgan fingerprint density at radius 2 is 2.19 bits per heavy atom. The zero-order valence-corrected chi connectivity index (χ0v) is 15.1. The second kappa shape index (κ2) is 7.49. The van der Waals surface area contributed by atoms with Crippen LogP contribution in [0.1, 0.15) is 26.2 Å². The lowest BCUT2D eigenvalue weighted by molar-refractivity contribution is 0.0641. The smallest absolute Gasteiger partial charge is 0.410 e. The molecule has 2 aliphatic rings. The molecule has 1 amide bonds. The van der Waals surface area contributed by atoms with Gasteiger partial charge in [-0.2, -0.15) is 0 Å². The number of carbonyl (C=O) groups is 1. The molecule has 0 radical (unpaired) electrons. The van der Waals surface area contributed by atoms with E-state index in [1.165, 1.54) is 0 Å². The molecule has 8 heteroatoms. The fourth-order valence-electron chi connectivity index (χ4n) is 3.68. The second-order valence-corrected chi connectivity index (χ2v) is 6.97. The number of carbonyl (C=O) groups excluding carboxylic acids is 1. The van der Waals surface area contributed by atoms with Gasteiger partial charge in [-0.3, -0.25) is 0 Å². The highest BCUT2D eigenvalue weighted by Gasteiger charge is 2.27. The number of amides is 1. The maximum Gasteiger partial charge on any atom is 0.410 e. The third-order valence-corrected chi connectivity index (χ3v) is 5.24. The summed E-state index contributed by atoms with van der Waals surface area (Å²) in [6.45, 7) is 6.07. The molecule has 0 unspecified atom stereocenters. The number of piperidine rings is 1. The summed E-state index contributed by atoms with van der Waals surface area (Å²) in [6.07, 6.45) is 6.21. The summed E-state index contributed by atoms with van der Waals surface area (Å²) in [5.41, 5.74) is 2.83. The van der Waals surface area contributed by atoms with E-state index < -0.39 is 0 Å². The van der Waals surface area contributed by atoms with Crippen molar-refractivity contribution in [1.82, 2.24) is 24.8 Å². The largest absolute Gasteiger partial charge is 0.445 e. The second-order valence-electron chi connectivity index (χ2n) is 6.97. The van der Waals surface area contributed by atoms with Crippen LogP contribution in [0.15, 0.2) is 18.6 Å². The van der Waals surface area contributed by atoms with E-state index in [0.717, 1.165) is 55.7 Å². The Morgan fingerprint density at radius 1 is 1.35 bits per heavy atom. The Balaban J connectivity index is 1.34. The number of fused-ring (bicyclic) bond motifs is 1. The van der Waals surface area contributed by atoms with E-state index in [1.807, 2.05) is 28.1 Å². The van der Waals surface area contributed by atoms with Crippen LogP contribution in [-0.4, -0.2) is 63.9 Å². The van der Waals surface area contributed by atoms with Crippen molar-refractivity contribution in [2.45, 2.75) is 44.9 Å². The quantitative estimate of drug-likeness (QED) is 0.867. The Hall–Kier alpha value is -2.35. The number of aryl methyl sites for hydroxylation is 1. The molecule has 4 rings (SSSR count). The zero-order valence-electron chi connectivity index (χ0n) is 15.1. The number of nitrogens with one attached hydrogen (secondary N) is 2. The summed E-state index contributed by atoms with van der Waals surface area (Å²) in [5.74, 6) is 0. The standard InChI is InChI=1S/C18H26N6O2/c1-2-23-12-21-16-15(4-8-20-17(16)23)22-13-5-9-24(10-6-13)18(25)26-14-3-7-19-11-14/h4,8,12-14,19H,2-3,5-7,9-11H2,1H3,(H,20,22)/t14-/m0/s1. The van der Waals surface area contributed by atoms with Gasteiger partial charge in [0.2, 0.25) is 0 Å². The molecule has 2 aromatic heterocycles. The van der Waals surface area contributed by atoms with Gasteiger partial charge in [0.05, 0.1) is 12.0 Å². The molecule has 0 aliphatic carbocycles. The number of ether oxygens (including phenoxy) is 1. The number of hydrogen-bond donors (Lipinski definition) is 2. The molecule has 2 fully saturated rings. The molecule has 140 valence electrons. The van der Waals surface area contributed by atoms with Gasteiger partial charge in [-0.05, 0) is 38.8 Å². The number of imidazole rings is 1. The Bertz CT molecular complexity index is 762. The monoisotopic (exact) mass is 358 g/mol. The van der Waals surface area contributed by atoms with Crippen molar-refractivity contribution in [3.8, 4) is 0 Å². The van der Waals surface area contributed by atoms with Crippen LogP contribution < -0.4 is 10.6 Å². The Labute approximate surface area is 152 Å². The predicted molar refractivity (Wildman–Crippen MR) is 99.2 cm³/mol. The average molecular weight is 358 g/mol. The van der Waals surface area contributed by atoms with Gasteiger partial charge >= 0.3 is 6.09 Å². The maximum atomic E-state index is 12.3. The number of nitrogens with zero attached hydrogens (tertiary/aromatic N) is 4. The summed E-state index contributed by atoms with van der Waals surface area (Å²) in [4.78, 5) is 23.0. The molecule has 2 N–H and O–H groups in total. The van der Waals surface area contributed by atoms with Gasteiger partial charge in [-0.25, -0.2) is 14.8 Å². The van der Waals surface area contributed by atoms with E-state index in [-0.39, 0.29) is 12.2 Å². The van der Waals surface area contributed by atoms with Crippen molar-refractivity contribution < 1.29 is 9.53 Å². The highest BCUT2D eigenvalue weighted by Crippen LogP contribution is 2.23. The molecule has 2 saturated heterocycles. The van der Waals surface area contributed by atoms with E-state index in [2.05, 4.69) is 27.5 Å². The highest BCUT2D eigenvalue weighted by atomic mass is 16.6. The van der Waals surface area contributed by atoms with Crippen LogP contribution in [0, 0.1) is 0 Å². The van der Waals surface area contributed by atoms with Crippen LogP contribution in [0.25, 0.3) is 11.2 Å². The summed E-state index contributed by atoms with van der Waals surface area (Å²) < 4.78 is 7.60. The molecule has 1 atom stereocenters. The molecule has 0 bridgehead atoms. The molecule has 2 aromatic rings. The average Bonchev–Trinajstić information content (AvgIpc) is 3.32. The minimum absolute atomic E-state index is 0.0251. The lowest BCUT2D eigenvalue weighted by atomic mass is 10.1. The van der Waals surface area contributed by atoms with Crippen molar-refractivity contribution in [3.05, 3.63) is 18.6 Å². The van der Waals surface area contributed by atoms with Crippen molar-refractivity contribution in [2.24, 2.45) is 0 Å². The van der Waals surface area contributed by atoms with Crippen molar-refractivity contribution in [2.75, 3.05) is 31.5 Å². The first-order chi connectivity index (χ1) is 12.7. The van der Waals surface area contributed by atoms with Gasteiger partial charge in [0, 0.05) is 38.4 Å². The third kappa shape index (κ3) is 3.46. The minimum atomic E-state index is -0.176. The van der Waals surface area contributed by atoms with Gasteiger partial charge in [0.15, 0.2) is 5.65 Å². The van der Waals surface area contributed by atoms with Gasteiger partial charge in [0.25, 0.3) is 0 Å². The van der Waals surface area contributed by atoms with Gasteiger partial charge in [-0.1, -0.05) is 0 Å². The number of likely N-dealkylation sites (tertiary alicyclic amines) is 1. The van der Waals surface area contributed by atoms with E-state index >= 15 is 0 Å². The normalized spacial score (nSPS) is 21.3. The fourth-order valence-corrected chi connectivity index (χ4v) is 3.68. The summed E-state index contributed by atoms with van der Waals surface area (Å²) in [6, 6.07) is 2.30. The minimum Gasteiger partial charge on any atom is -0.445 e. The van der Waals surface area contributed by atoms with Crippen LogP contribution in [0.3, 0.4) is 0 Å². The van der Waals surface area contributed by atoms with Gasteiger partial charge in [0.1, 0.15) is 11.6 Å². The van der Waals surface area contributed by atoms with E-state index in [9.17, 15) is 4.79 Å². The SMILES string of the molecule is CCn1cnc2c(NC3CCN(C(=O)O[C@H]4CCNC4)CC3)ccnc21. The lowest BCUT2D eigenvalue weighted by Gasteiger charge is -2.32. The Morgan fingerprint density at radius 3 is 2.92 bits per heavy atom. The molecule has 8 nitrogen and oxygen atoms in total. The molecule has 26 heavy (non-hydrogen) atoms. The Kier molecular flexibility index (Phi) is 4.92. The highest BCUT2D eigenvalue weighted by molar-refractivity contribution is 5.85. The number of pyridine rings is 1. The predicted octanol–water partition coefficient (Wildman–Crippen LogP) is 1.83. The molecule has 4 heterocycles. The van der Waals surface area contributed by atoms with E-state index in [1.54, 1.807) is 0 Å². The van der Waals surface area contributed by atoms with E-state index in [0.29, 0.717) is 19.1 Å². The summed E-state index contributed by atoms with van der Waals surface area (Å²) in [5, 5.41) is 6.81. The van der Waals surface area contributed by atoms with Crippen molar-refractivity contribution >= 4 is 22.9 Å². The summed E-state index contributed by atoms with van der Waals surface area (Å²) in [7, 11) is 0. The van der Waals surface area contributed by atoms with Gasteiger partial charge < -0.3 is 24.8 Å². The molecular formula is C18H26N6O2. The summed E-state index contributed by atoms with van der Waals surface area (Å²) >= 11 is 0. The van der Waals surface area contributed by atoms with Crippen molar-refractivity contribution in [1.29, 1.82) is 0 Å². The van der Waals surface area contributed by atoms with E-state index in [4.69, 9.17) is 4.74 Å². The first-order valence-corrected chi connectivity index (χ1v) is 9.47. The van der Waals surface area contributed by atoms with Crippen LogP contribution in [0.2, 0.25) is 0 Å². The lowest BCUT2D eigenvalue weighted by Crippen LogP contribution is -2.43. The van der Waals surface area contributed by atoms with Crippen LogP contribution in [0.4, 0.5) is 10.5 Å². The number of rotatable bonds is 4. The zero-order chi connectivity index (χ0) is 17.9. The molecule has 0 aromatic carbocycles. The van der Waals surface area contributed by atoms with Crippen molar-refractivity contribution in [3.63, 3.8) is 0 Å². The van der Waals surface area contributed by atoms with Crippen LogP contribution in [-0.2, 0) is 11.3 Å². The molecular weight excluding hydrogens is 332 g/mol. The maximum absolute atomic E-state index is 12.3. The molecule has 0 saturated carbocycles. The third-order valence-electron chi connectivity index (χ3n) is 5.24.